The van der Waals surface area contributed by atoms with Crippen molar-refractivity contribution in [2.75, 3.05) is 19.3 Å². The van der Waals surface area contributed by atoms with E-state index in [1.165, 1.54) is 10.6 Å². The summed E-state index contributed by atoms with van der Waals surface area (Å²) in [5.74, 6) is -0.143. The van der Waals surface area contributed by atoms with E-state index in [1.54, 1.807) is 6.92 Å². The van der Waals surface area contributed by atoms with Crippen LogP contribution in [0.2, 0.25) is 0 Å². The smallest absolute Gasteiger partial charge is 0.229 e. The second-order valence-electron chi connectivity index (χ2n) is 5.62. The minimum absolute atomic E-state index is 0.00735. The van der Waals surface area contributed by atoms with Crippen LogP contribution in [0.5, 0.6) is 0 Å². The average molecular weight is 329 g/mol. The van der Waals surface area contributed by atoms with Crippen molar-refractivity contribution in [1.29, 1.82) is 0 Å². The standard InChI is InChI=1S/C11H18Cl2N2O3S/c1-10(7-11(10,12)13)9(16)14-8-3-5-15(6-4-8)19(2,17)18/h8H,3-7H2,1-2H3,(H,14,16). The lowest BCUT2D eigenvalue weighted by atomic mass is 10.0. The number of hydrogen-bond acceptors (Lipinski definition) is 3. The first-order valence-corrected chi connectivity index (χ1v) is 8.81. The fourth-order valence-electron chi connectivity index (χ4n) is 2.32. The third-order valence-electron chi connectivity index (χ3n) is 4.02. The van der Waals surface area contributed by atoms with Crippen LogP contribution < -0.4 is 5.32 Å². The summed E-state index contributed by atoms with van der Waals surface area (Å²) in [5.41, 5.74) is -0.718. The molecule has 1 aliphatic heterocycles. The Morgan fingerprint density at radius 2 is 1.79 bits per heavy atom. The molecule has 1 saturated heterocycles. The van der Waals surface area contributed by atoms with Gasteiger partial charge in [-0.1, -0.05) is 0 Å². The number of hydrogen-bond donors (Lipinski definition) is 1. The van der Waals surface area contributed by atoms with Crippen LogP contribution in [0.4, 0.5) is 0 Å². The molecule has 1 aliphatic carbocycles. The van der Waals surface area contributed by atoms with E-state index in [2.05, 4.69) is 5.32 Å². The Kier molecular flexibility index (Phi) is 3.84. The molecule has 0 spiro atoms. The Hall–Kier alpha value is -0.0400. The van der Waals surface area contributed by atoms with Gasteiger partial charge in [0.25, 0.3) is 0 Å². The summed E-state index contributed by atoms with van der Waals surface area (Å²) in [7, 11) is -3.13. The first kappa shape index (κ1) is 15.4. The summed E-state index contributed by atoms with van der Waals surface area (Å²) in [6.07, 6.45) is 2.89. The maximum absolute atomic E-state index is 12.1. The average Bonchev–Trinajstić information content (AvgIpc) is 2.79. The predicted octanol–water partition coefficient (Wildman–Crippen LogP) is 1.11. The summed E-state index contributed by atoms with van der Waals surface area (Å²) in [4.78, 5) is 12.1. The normalized spacial score (nSPS) is 32.0. The summed E-state index contributed by atoms with van der Waals surface area (Å²) in [6, 6.07) is -0.00735. The zero-order chi connectivity index (χ0) is 14.5. The minimum Gasteiger partial charge on any atom is -0.353 e. The van der Waals surface area contributed by atoms with E-state index >= 15 is 0 Å². The lowest BCUT2D eigenvalue weighted by molar-refractivity contribution is -0.126. The largest absolute Gasteiger partial charge is 0.353 e. The quantitative estimate of drug-likeness (QED) is 0.789. The van der Waals surface area contributed by atoms with Crippen LogP contribution in [0.15, 0.2) is 0 Å². The number of alkyl halides is 2. The van der Waals surface area contributed by atoms with E-state index in [9.17, 15) is 13.2 Å². The molecule has 1 heterocycles. The zero-order valence-corrected chi connectivity index (χ0v) is 13.3. The van der Waals surface area contributed by atoms with Gasteiger partial charge in [0.05, 0.1) is 11.7 Å². The molecule has 0 aromatic carbocycles. The molecule has 0 aromatic heterocycles. The fourth-order valence-corrected chi connectivity index (χ4v) is 3.90. The third kappa shape index (κ3) is 3.01. The molecule has 110 valence electrons. The van der Waals surface area contributed by atoms with Gasteiger partial charge < -0.3 is 5.32 Å². The van der Waals surface area contributed by atoms with Crippen molar-refractivity contribution in [2.24, 2.45) is 5.41 Å². The number of amides is 1. The van der Waals surface area contributed by atoms with Gasteiger partial charge in [0.2, 0.25) is 15.9 Å². The summed E-state index contributed by atoms with van der Waals surface area (Å²) in [6.45, 7) is 2.62. The van der Waals surface area contributed by atoms with E-state index in [4.69, 9.17) is 23.2 Å². The molecule has 1 saturated carbocycles. The van der Waals surface area contributed by atoms with Crippen molar-refractivity contribution in [1.82, 2.24) is 9.62 Å². The first-order valence-electron chi connectivity index (χ1n) is 6.20. The topological polar surface area (TPSA) is 66.5 Å². The highest BCUT2D eigenvalue weighted by atomic mass is 35.5. The highest BCUT2D eigenvalue weighted by Gasteiger charge is 2.68. The summed E-state index contributed by atoms with van der Waals surface area (Å²) in [5, 5.41) is 2.92. The van der Waals surface area contributed by atoms with Crippen molar-refractivity contribution in [3.05, 3.63) is 0 Å². The van der Waals surface area contributed by atoms with Gasteiger partial charge in [-0.3, -0.25) is 4.79 Å². The van der Waals surface area contributed by atoms with E-state index in [-0.39, 0.29) is 11.9 Å². The second-order valence-corrected chi connectivity index (χ2v) is 9.09. The van der Waals surface area contributed by atoms with Crippen LogP contribution in [0.1, 0.15) is 26.2 Å². The molecule has 1 unspecified atom stereocenters. The number of sulfonamides is 1. The van der Waals surface area contributed by atoms with Gasteiger partial charge in [0.15, 0.2) is 0 Å². The molecule has 0 radical (unpaired) electrons. The van der Waals surface area contributed by atoms with Gasteiger partial charge in [0.1, 0.15) is 4.33 Å². The SMILES string of the molecule is CC1(C(=O)NC2CCN(S(C)(=O)=O)CC2)CC1(Cl)Cl. The molecule has 1 N–H and O–H groups in total. The monoisotopic (exact) mass is 328 g/mol. The van der Waals surface area contributed by atoms with Crippen LogP contribution in [-0.4, -0.2) is 48.4 Å². The maximum atomic E-state index is 12.1. The Morgan fingerprint density at radius 1 is 1.32 bits per heavy atom. The third-order valence-corrected chi connectivity index (χ3v) is 6.42. The molecule has 8 heteroatoms. The molecule has 1 amide bonds. The van der Waals surface area contributed by atoms with Gasteiger partial charge in [-0.15, -0.1) is 23.2 Å². The van der Waals surface area contributed by atoms with E-state index in [0.29, 0.717) is 32.4 Å². The van der Waals surface area contributed by atoms with Gasteiger partial charge >= 0.3 is 0 Å². The van der Waals surface area contributed by atoms with Gasteiger partial charge in [-0.25, -0.2) is 12.7 Å². The van der Waals surface area contributed by atoms with E-state index < -0.39 is 19.8 Å². The van der Waals surface area contributed by atoms with Crippen LogP contribution in [0.3, 0.4) is 0 Å². The van der Waals surface area contributed by atoms with Crippen molar-refractivity contribution in [3.63, 3.8) is 0 Å². The molecular weight excluding hydrogens is 311 g/mol. The summed E-state index contributed by atoms with van der Waals surface area (Å²) >= 11 is 11.9. The predicted molar refractivity (Wildman–Crippen MR) is 74.7 cm³/mol. The van der Waals surface area contributed by atoms with Gasteiger partial charge in [-0.2, -0.15) is 0 Å². The number of halogens is 2. The Bertz CT molecular complexity index is 486. The number of nitrogens with one attached hydrogen (secondary N) is 1. The first-order chi connectivity index (χ1) is 8.56. The zero-order valence-electron chi connectivity index (χ0n) is 10.9. The number of carbonyl (C=O) groups is 1. The Morgan fingerprint density at radius 3 is 2.16 bits per heavy atom. The highest BCUT2D eigenvalue weighted by molar-refractivity contribution is 7.88. The second kappa shape index (κ2) is 4.76. The van der Waals surface area contributed by atoms with Gasteiger partial charge in [-0.05, 0) is 26.2 Å². The van der Waals surface area contributed by atoms with E-state index in [1.807, 2.05) is 0 Å². The molecular formula is C11H18Cl2N2O3S. The number of piperidine rings is 1. The molecule has 19 heavy (non-hydrogen) atoms. The molecule has 1 atom stereocenters. The maximum Gasteiger partial charge on any atom is 0.229 e. The number of rotatable bonds is 3. The summed E-state index contributed by atoms with van der Waals surface area (Å²) < 4.78 is 23.2. The Labute approximate surface area is 123 Å². The van der Waals surface area contributed by atoms with Crippen molar-refractivity contribution >= 4 is 39.1 Å². The number of carbonyl (C=O) groups excluding carboxylic acids is 1. The highest BCUT2D eigenvalue weighted by Crippen LogP contribution is 2.63. The lowest BCUT2D eigenvalue weighted by Gasteiger charge is -2.31. The molecule has 2 fully saturated rings. The molecule has 2 rings (SSSR count). The lowest BCUT2D eigenvalue weighted by Crippen LogP contribution is -2.48. The molecule has 2 aliphatic rings. The number of nitrogens with zero attached hydrogens (tertiary/aromatic N) is 1. The van der Waals surface area contributed by atoms with Gasteiger partial charge in [0, 0.05) is 19.1 Å². The van der Waals surface area contributed by atoms with Crippen LogP contribution in [-0.2, 0) is 14.8 Å². The molecule has 5 nitrogen and oxygen atoms in total. The van der Waals surface area contributed by atoms with Crippen LogP contribution in [0.25, 0.3) is 0 Å². The minimum atomic E-state index is -3.13. The Balaban J connectivity index is 1.86. The molecule has 0 bridgehead atoms. The van der Waals surface area contributed by atoms with Crippen molar-refractivity contribution < 1.29 is 13.2 Å². The van der Waals surface area contributed by atoms with Crippen molar-refractivity contribution in [3.8, 4) is 0 Å². The molecule has 0 aromatic rings. The van der Waals surface area contributed by atoms with Crippen LogP contribution >= 0.6 is 23.2 Å². The van der Waals surface area contributed by atoms with E-state index in [0.717, 1.165) is 0 Å². The van der Waals surface area contributed by atoms with Crippen LogP contribution in [0, 0.1) is 5.41 Å². The fraction of sp³-hybridized carbons (Fsp3) is 0.909. The van der Waals surface area contributed by atoms with Crippen molar-refractivity contribution in [2.45, 2.75) is 36.6 Å².